The molecule has 0 fully saturated rings. The van der Waals surface area contributed by atoms with E-state index in [9.17, 15) is 0 Å². The second kappa shape index (κ2) is 4.94. The maximum Gasteiger partial charge on any atom is 0.142 e. The van der Waals surface area contributed by atoms with Crippen LogP contribution in [0.15, 0.2) is 42.5 Å². The second-order valence-electron chi connectivity index (χ2n) is 4.18. The van der Waals surface area contributed by atoms with Crippen LogP contribution in [0.4, 0.5) is 0 Å². The number of rotatable bonds is 3. The van der Waals surface area contributed by atoms with Crippen molar-refractivity contribution in [1.82, 2.24) is 9.97 Å². The first-order valence-electron chi connectivity index (χ1n) is 6.15. The molecule has 0 aliphatic rings. The first kappa shape index (κ1) is 12.1. The highest BCUT2D eigenvalue weighted by Gasteiger charge is 2.10. The number of imidazole rings is 1. The summed E-state index contributed by atoms with van der Waals surface area (Å²) in [4.78, 5) is 7.85. The van der Waals surface area contributed by atoms with E-state index in [-0.39, 0.29) is 0 Å². The van der Waals surface area contributed by atoms with Crippen LogP contribution in [0.3, 0.4) is 0 Å². The van der Waals surface area contributed by atoms with Crippen LogP contribution in [0.5, 0.6) is 5.75 Å². The second-order valence-corrected chi connectivity index (χ2v) is 4.61. The fraction of sp³-hybridized carbons (Fsp3) is 0.133. The summed E-state index contributed by atoms with van der Waals surface area (Å²) in [6.07, 6.45) is 0. The Morgan fingerprint density at radius 3 is 2.89 bits per heavy atom. The number of ether oxygens (including phenoxy) is 1. The Morgan fingerprint density at radius 1 is 1.21 bits per heavy atom. The quantitative estimate of drug-likeness (QED) is 0.773. The molecule has 19 heavy (non-hydrogen) atoms. The van der Waals surface area contributed by atoms with Gasteiger partial charge in [-0.1, -0.05) is 23.7 Å². The van der Waals surface area contributed by atoms with Crippen LogP contribution >= 0.6 is 11.6 Å². The molecule has 1 N–H and O–H groups in total. The number of nitrogens with one attached hydrogen (secondary N) is 1. The Bertz CT molecular complexity index is 721. The Labute approximate surface area is 116 Å². The largest absolute Gasteiger partial charge is 0.493 e. The summed E-state index contributed by atoms with van der Waals surface area (Å²) >= 11 is 5.98. The van der Waals surface area contributed by atoms with Crippen molar-refractivity contribution < 1.29 is 4.74 Å². The molecule has 0 unspecified atom stereocenters. The van der Waals surface area contributed by atoms with Gasteiger partial charge in [-0.3, -0.25) is 0 Å². The number of benzene rings is 2. The van der Waals surface area contributed by atoms with Gasteiger partial charge in [-0.25, -0.2) is 4.98 Å². The highest BCUT2D eigenvalue weighted by molar-refractivity contribution is 6.31. The van der Waals surface area contributed by atoms with Crippen molar-refractivity contribution in [2.45, 2.75) is 6.92 Å². The van der Waals surface area contributed by atoms with E-state index in [4.69, 9.17) is 16.3 Å². The number of aromatic amines is 1. The van der Waals surface area contributed by atoms with Crippen molar-refractivity contribution in [2.24, 2.45) is 0 Å². The first-order chi connectivity index (χ1) is 9.28. The van der Waals surface area contributed by atoms with Gasteiger partial charge in [0.15, 0.2) is 0 Å². The fourth-order valence-electron chi connectivity index (χ4n) is 2.05. The zero-order valence-electron chi connectivity index (χ0n) is 10.5. The molecule has 0 atom stereocenters. The molecular formula is C15H13ClN2O. The predicted molar refractivity (Wildman–Crippen MR) is 77.7 cm³/mol. The first-order valence-corrected chi connectivity index (χ1v) is 6.53. The van der Waals surface area contributed by atoms with Crippen molar-refractivity contribution >= 4 is 22.6 Å². The number of fused-ring (bicyclic) bond motifs is 1. The molecule has 3 nitrogen and oxygen atoms in total. The van der Waals surface area contributed by atoms with Crippen LogP contribution in [-0.2, 0) is 0 Å². The van der Waals surface area contributed by atoms with E-state index >= 15 is 0 Å². The predicted octanol–water partition coefficient (Wildman–Crippen LogP) is 4.28. The number of H-pyrrole nitrogens is 1. The SMILES string of the molecule is CCOc1ccccc1-c1nc2ccc(Cl)cc2[nH]1. The van der Waals surface area contributed by atoms with Gasteiger partial charge < -0.3 is 9.72 Å². The smallest absolute Gasteiger partial charge is 0.142 e. The summed E-state index contributed by atoms with van der Waals surface area (Å²) in [7, 11) is 0. The molecule has 1 heterocycles. The maximum absolute atomic E-state index is 5.98. The van der Waals surface area contributed by atoms with Crippen LogP contribution in [-0.4, -0.2) is 16.6 Å². The van der Waals surface area contributed by atoms with E-state index in [0.717, 1.165) is 28.2 Å². The van der Waals surface area contributed by atoms with Gasteiger partial charge in [0.25, 0.3) is 0 Å². The minimum atomic E-state index is 0.628. The molecule has 0 aliphatic carbocycles. The summed E-state index contributed by atoms with van der Waals surface area (Å²) in [5, 5.41) is 0.695. The normalized spacial score (nSPS) is 10.8. The van der Waals surface area contributed by atoms with Gasteiger partial charge in [-0.15, -0.1) is 0 Å². The van der Waals surface area contributed by atoms with Gasteiger partial charge in [-0.05, 0) is 37.3 Å². The molecule has 0 saturated carbocycles. The lowest BCUT2D eigenvalue weighted by Gasteiger charge is -2.07. The molecule has 0 amide bonds. The standard InChI is InChI=1S/C15H13ClN2O/c1-2-19-14-6-4-3-5-11(14)15-17-12-8-7-10(16)9-13(12)18-15/h3-9H,2H2,1H3,(H,17,18). The summed E-state index contributed by atoms with van der Waals surface area (Å²) < 4.78 is 5.63. The molecule has 0 spiro atoms. The molecule has 3 rings (SSSR count). The lowest BCUT2D eigenvalue weighted by molar-refractivity contribution is 0.341. The van der Waals surface area contributed by atoms with E-state index in [1.165, 1.54) is 0 Å². The van der Waals surface area contributed by atoms with E-state index < -0.39 is 0 Å². The number of hydrogen-bond acceptors (Lipinski definition) is 2. The molecule has 1 aromatic heterocycles. The van der Waals surface area contributed by atoms with E-state index in [1.54, 1.807) is 0 Å². The highest BCUT2D eigenvalue weighted by Crippen LogP contribution is 2.29. The number of nitrogens with zero attached hydrogens (tertiary/aromatic N) is 1. The van der Waals surface area contributed by atoms with E-state index in [1.807, 2.05) is 49.4 Å². The van der Waals surface area contributed by atoms with Crippen LogP contribution in [0.1, 0.15) is 6.92 Å². The van der Waals surface area contributed by atoms with Crippen LogP contribution in [0.2, 0.25) is 5.02 Å². The van der Waals surface area contributed by atoms with Crippen LogP contribution in [0.25, 0.3) is 22.4 Å². The maximum atomic E-state index is 5.98. The Morgan fingerprint density at radius 2 is 2.05 bits per heavy atom. The zero-order valence-corrected chi connectivity index (χ0v) is 11.2. The molecule has 0 bridgehead atoms. The molecule has 3 aromatic rings. The van der Waals surface area contributed by atoms with Gasteiger partial charge in [0.05, 0.1) is 23.2 Å². The van der Waals surface area contributed by atoms with Gasteiger partial charge in [-0.2, -0.15) is 0 Å². The minimum Gasteiger partial charge on any atom is -0.493 e. The fourth-order valence-corrected chi connectivity index (χ4v) is 2.23. The molecule has 0 radical (unpaired) electrons. The van der Waals surface area contributed by atoms with Gasteiger partial charge in [0.1, 0.15) is 11.6 Å². The summed E-state index contributed by atoms with van der Waals surface area (Å²) in [6, 6.07) is 13.5. The summed E-state index contributed by atoms with van der Waals surface area (Å²) in [5.41, 5.74) is 2.77. The lowest BCUT2D eigenvalue weighted by Crippen LogP contribution is -1.94. The van der Waals surface area contributed by atoms with Crippen LogP contribution < -0.4 is 4.74 Å². The molecule has 0 aliphatic heterocycles. The van der Waals surface area contributed by atoms with E-state index in [2.05, 4.69) is 9.97 Å². The average molecular weight is 273 g/mol. The van der Waals surface area contributed by atoms with Crippen LogP contribution in [0, 0.1) is 0 Å². The van der Waals surface area contributed by atoms with Crippen molar-refractivity contribution in [1.29, 1.82) is 0 Å². The molecule has 96 valence electrons. The molecule has 2 aromatic carbocycles. The third-order valence-corrected chi connectivity index (χ3v) is 3.12. The molecule has 0 saturated heterocycles. The monoisotopic (exact) mass is 272 g/mol. The summed E-state index contributed by atoms with van der Waals surface area (Å²) in [6.45, 7) is 2.60. The van der Waals surface area contributed by atoms with Crippen molar-refractivity contribution in [3.8, 4) is 17.1 Å². The third kappa shape index (κ3) is 2.29. The Balaban J connectivity index is 2.13. The number of hydrogen-bond donors (Lipinski definition) is 1. The number of para-hydroxylation sites is 1. The van der Waals surface area contributed by atoms with Gasteiger partial charge in [0, 0.05) is 5.02 Å². The van der Waals surface area contributed by atoms with Gasteiger partial charge in [0.2, 0.25) is 0 Å². The summed E-state index contributed by atoms with van der Waals surface area (Å²) in [5.74, 6) is 1.62. The van der Waals surface area contributed by atoms with Crippen molar-refractivity contribution in [2.75, 3.05) is 6.61 Å². The highest BCUT2D eigenvalue weighted by atomic mass is 35.5. The van der Waals surface area contributed by atoms with Crippen molar-refractivity contribution in [3.63, 3.8) is 0 Å². The molecular weight excluding hydrogens is 260 g/mol. The minimum absolute atomic E-state index is 0.628. The number of halogens is 1. The molecule has 4 heteroatoms. The van der Waals surface area contributed by atoms with Gasteiger partial charge >= 0.3 is 0 Å². The number of aromatic nitrogens is 2. The third-order valence-electron chi connectivity index (χ3n) is 2.89. The Kier molecular flexibility index (Phi) is 3.13. The van der Waals surface area contributed by atoms with E-state index in [0.29, 0.717) is 11.6 Å². The average Bonchev–Trinajstić information content (AvgIpc) is 2.82. The van der Waals surface area contributed by atoms with Crippen molar-refractivity contribution in [3.05, 3.63) is 47.5 Å². The Hall–Kier alpha value is -2.00. The lowest BCUT2D eigenvalue weighted by atomic mass is 10.2. The topological polar surface area (TPSA) is 37.9 Å². The zero-order chi connectivity index (χ0) is 13.2.